The second kappa shape index (κ2) is 7.96. The smallest absolute Gasteiger partial charge is 0.246 e. The Hall–Kier alpha value is -1.47. The summed E-state index contributed by atoms with van der Waals surface area (Å²) in [4.78, 5) is 15.7. The molecule has 1 amide bonds. The Morgan fingerprint density at radius 1 is 1.60 bits per heavy atom. The molecule has 0 spiro atoms. The number of aromatic nitrogens is 3. The Balaban J connectivity index is 1.53. The summed E-state index contributed by atoms with van der Waals surface area (Å²) in [7, 11) is 1.83. The maximum absolute atomic E-state index is 11.6. The average molecular weight is 282 g/mol. The van der Waals surface area contributed by atoms with Gasteiger partial charge in [-0.3, -0.25) is 9.48 Å². The standard InChI is InChI=1S/C13H22N4O3/c1-17-12(15-10-16-17)5-6-14-13(18)9-19-8-11-4-2-3-7-20-11/h10-11H,2-9H2,1H3,(H,14,18)/t11-/m1/s1. The molecule has 1 aliphatic heterocycles. The lowest BCUT2D eigenvalue weighted by molar-refractivity contribution is -0.127. The number of ether oxygens (including phenoxy) is 2. The summed E-state index contributed by atoms with van der Waals surface area (Å²) in [6.07, 6.45) is 5.64. The monoisotopic (exact) mass is 282 g/mol. The molecule has 0 saturated carbocycles. The fourth-order valence-corrected chi connectivity index (χ4v) is 2.13. The fraction of sp³-hybridized carbons (Fsp3) is 0.769. The molecule has 1 atom stereocenters. The first-order chi connectivity index (χ1) is 9.75. The van der Waals surface area contributed by atoms with Crippen LogP contribution >= 0.6 is 0 Å². The van der Waals surface area contributed by atoms with Crippen molar-refractivity contribution in [3.63, 3.8) is 0 Å². The van der Waals surface area contributed by atoms with E-state index in [0.717, 1.165) is 25.3 Å². The molecule has 112 valence electrons. The molecule has 20 heavy (non-hydrogen) atoms. The zero-order valence-electron chi connectivity index (χ0n) is 11.9. The highest BCUT2D eigenvalue weighted by Crippen LogP contribution is 2.12. The van der Waals surface area contributed by atoms with Gasteiger partial charge >= 0.3 is 0 Å². The van der Waals surface area contributed by atoms with Gasteiger partial charge in [-0.15, -0.1) is 0 Å². The first-order valence-electron chi connectivity index (χ1n) is 7.04. The van der Waals surface area contributed by atoms with Crippen molar-refractivity contribution in [1.29, 1.82) is 0 Å². The van der Waals surface area contributed by atoms with Crippen LogP contribution in [0.5, 0.6) is 0 Å². The molecule has 1 aliphatic rings. The molecule has 7 heteroatoms. The molecule has 2 heterocycles. The van der Waals surface area contributed by atoms with E-state index in [4.69, 9.17) is 9.47 Å². The van der Waals surface area contributed by atoms with Crippen molar-refractivity contribution in [2.75, 3.05) is 26.4 Å². The van der Waals surface area contributed by atoms with Crippen LogP contribution in [0.15, 0.2) is 6.33 Å². The van der Waals surface area contributed by atoms with Gasteiger partial charge < -0.3 is 14.8 Å². The number of carbonyl (C=O) groups is 1. The van der Waals surface area contributed by atoms with E-state index in [-0.39, 0.29) is 18.6 Å². The van der Waals surface area contributed by atoms with Gasteiger partial charge in [-0.25, -0.2) is 4.98 Å². The minimum Gasteiger partial charge on any atom is -0.376 e. The first kappa shape index (κ1) is 14.9. The van der Waals surface area contributed by atoms with Gasteiger partial charge in [0, 0.05) is 26.6 Å². The van der Waals surface area contributed by atoms with Crippen LogP contribution in [0, 0.1) is 0 Å². The Morgan fingerprint density at radius 2 is 2.50 bits per heavy atom. The number of amides is 1. The lowest BCUT2D eigenvalue weighted by Crippen LogP contribution is -2.32. The Morgan fingerprint density at radius 3 is 3.20 bits per heavy atom. The van der Waals surface area contributed by atoms with E-state index >= 15 is 0 Å². The molecular formula is C13H22N4O3. The molecule has 7 nitrogen and oxygen atoms in total. The third-order valence-corrected chi connectivity index (χ3v) is 3.29. The first-order valence-corrected chi connectivity index (χ1v) is 7.04. The third-order valence-electron chi connectivity index (χ3n) is 3.29. The van der Waals surface area contributed by atoms with Gasteiger partial charge in [0.1, 0.15) is 18.8 Å². The van der Waals surface area contributed by atoms with Gasteiger partial charge in [0.15, 0.2) is 0 Å². The van der Waals surface area contributed by atoms with Crippen LogP contribution in [0.25, 0.3) is 0 Å². The van der Waals surface area contributed by atoms with Crippen molar-refractivity contribution in [2.24, 2.45) is 7.05 Å². The van der Waals surface area contributed by atoms with Gasteiger partial charge in [-0.1, -0.05) is 0 Å². The van der Waals surface area contributed by atoms with Crippen molar-refractivity contribution in [3.05, 3.63) is 12.2 Å². The predicted molar refractivity (Wildman–Crippen MR) is 72.1 cm³/mol. The molecule has 0 bridgehead atoms. The number of hydrogen-bond acceptors (Lipinski definition) is 5. The van der Waals surface area contributed by atoms with Crippen molar-refractivity contribution >= 4 is 5.91 Å². The normalized spacial score (nSPS) is 18.9. The zero-order chi connectivity index (χ0) is 14.2. The summed E-state index contributed by atoms with van der Waals surface area (Å²) >= 11 is 0. The van der Waals surface area contributed by atoms with Gasteiger partial charge in [0.2, 0.25) is 5.91 Å². The van der Waals surface area contributed by atoms with Gasteiger partial charge in [0.05, 0.1) is 12.7 Å². The van der Waals surface area contributed by atoms with Crippen LogP contribution in [0.4, 0.5) is 0 Å². The Kier molecular flexibility index (Phi) is 5.94. The Labute approximate surface area is 118 Å². The number of nitrogens with one attached hydrogen (secondary N) is 1. The molecule has 2 rings (SSSR count). The summed E-state index contributed by atoms with van der Waals surface area (Å²) in [5.74, 6) is 0.741. The molecule has 1 aromatic rings. The van der Waals surface area contributed by atoms with Crippen LogP contribution in [-0.2, 0) is 27.7 Å². The van der Waals surface area contributed by atoms with Crippen molar-refractivity contribution in [3.8, 4) is 0 Å². The zero-order valence-corrected chi connectivity index (χ0v) is 11.9. The summed E-state index contributed by atoms with van der Waals surface area (Å²) in [6.45, 7) is 1.92. The van der Waals surface area contributed by atoms with E-state index in [1.165, 1.54) is 12.7 Å². The van der Waals surface area contributed by atoms with Crippen molar-refractivity contribution in [2.45, 2.75) is 31.8 Å². The molecule has 0 unspecified atom stereocenters. The van der Waals surface area contributed by atoms with Gasteiger partial charge in [-0.05, 0) is 19.3 Å². The molecule has 1 saturated heterocycles. The highest BCUT2D eigenvalue weighted by molar-refractivity contribution is 5.77. The van der Waals surface area contributed by atoms with Crippen molar-refractivity contribution in [1.82, 2.24) is 20.1 Å². The van der Waals surface area contributed by atoms with Crippen LogP contribution in [-0.4, -0.2) is 53.1 Å². The van der Waals surface area contributed by atoms with E-state index < -0.39 is 0 Å². The number of carbonyl (C=O) groups excluding carboxylic acids is 1. The van der Waals surface area contributed by atoms with Crippen LogP contribution in [0.3, 0.4) is 0 Å². The maximum Gasteiger partial charge on any atom is 0.246 e. The number of aryl methyl sites for hydroxylation is 1. The average Bonchev–Trinajstić information content (AvgIpc) is 2.86. The summed E-state index contributed by atoms with van der Waals surface area (Å²) in [5.41, 5.74) is 0. The molecule has 0 aliphatic carbocycles. The van der Waals surface area contributed by atoms with Gasteiger partial charge in [-0.2, -0.15) is 5.10 Å². The quantitative estimate of drug-likeness (QED) is 0.765. The van der Waals surface area contributed by atoms with Crippen LogP contribution in [0.1, 0.15) is 25.1 Å². The lowest BCUT2D eigenvalue weighted by Gasteiger charge is -2.22. The third kappa shape index (κ3) is 4.90. The molecule has 0 radical (unpaired) electrons. The van der Waals surface area contributed by atoms with E-state index in [0.29, 0.717) is 19.6 Å². The van der Waals surface area contributed by atoms with Crippen molar-refractivity contribution < 1.29 is 14.3 Å². The maximum atomic E-state index is 11.6. The van der Waals surface area contributed by atoms with Gasteiger partial charge in [0.25, 0.3) is 0 Å². The van der Waals surface area contributed by atoms with Crippen LogP contribution in [0.2, 0.25) is 0 Å². The molecule has 1 aromatic heterocycles. The van der Waals surface area contributed by atoms with E-state index in [9.17, 15) is 4.79 Å². The second-order valence-electron chi connectivity index (χ2n) is 4.90. The fourth-order valence-electron chi connectivity index (χ4n) is 2.13. The minimum atomic E-state index is -0.108. The largest absolute Gasteiger partial charge is 0.376 e. The summed E-state index contributed by atoms with van der Waals surface area (Å²) in [6, 6.07) is 0. The molecule has 0 aromatic carbocycles. The molecule has 1 fully saturated rings. The number of rotatable bonds is 7. The highest BCUT2D eigenvalue weighted by atomic mass is 16.5. The number of hydrogen-bond donors (Lipinski definition) is 1. The minimum absolute atomic E-state index is 0.0820. The summed E-state index contributed by atoms with van der Waals surface area (Å²) in [5, 5.41) is 6.77. The summed E-state index contributed by atoms with van der Waals surface area (Å²) < 4.78 is 12.6. The SMILES string of the molecule is Cn1ncnc1CCNC(=O)COC[C@H]1CCCCO1. The second-order valence-corrected chi connectivity index (χ2v) is 4.90. The lowest BCUT2D eigenvalue weighted by atomic mass is 10.1. The van der Waals surface area contributed by atoms with E-state index in [1.54, 1.807) is 4.68 Å². The number of nitrogens with zero attached hydrogens (tertiary/aromatic N) is 3. The predicted octanol–water partition coefficient (Wildman–Crippen LogP) is 0.0595. The van der Waals surface area contributed by atoms with E-state index in [2.05, 4.69) is 15.4 Å². The Bertz CT molecular complexity index is 416. The topological polar surface area (TPSA) is 78.3 Å². The van der Waals surface area contributed by atoms with Crippen LogP contribution < -0.4 is 5.32 Å². The molecular weight excluding hydrogens is 260 g/mol. The van der Waals surface area contributed by atoms with E-state index in [1.807, 2.05) is 7.05 Å². The highest BCUT2D eigenvalue weighted by Gasteiger charge is 2.14. The molecule has 1 N–H and O–H groups in total.